The van der Waals surface area contributed by atoms with E-state index in [0.717, 1.165) is 11.1 Å². The standard InChI is InChI=1S/C16H12O3/c1-10-2-4-11(5-3-10)14-9-19-15-8-12(17)6-7-13(15)16(14)18/h2-9,17H,1H3. The van der Waals surface area contributed by atoms with E-state index in [1.54, 1.807) is 6.07 Å². The largest absolute Gasteiger partial charge is 0.508 e. The van der Waals surface area contributed by atoms with E-state index in [2.05, 4.69) is 0 Å². The fourth-order valence-corrected chi connectivity index (χ4v) is 2.05. The van der Waals surface area contributed by atoms with Crippen molar-refractivity contribution in [1.82, 2.24) is 0 Å². The second-order valence-electron chi connectivity index (χ2n) is 4.52. The van der Waals surface area contributed by atoms with Gasteiger partial charge < -0.3 is 9.52 Å². The molecule has 1 N–H and O–H groups in total. The predicted octanol–water partition coefficient (Wildman–Crippen LogP) is 3.47. The third-order valence-electron chi connectivity index (χ3n) is 3.12. The van der Waals surface area contributed by atoms with E-state index in [9.17, 15) is 9.90 Å². The highest BCUT2D eigenvalue weighted by Crippen LogP contribution is 2.22. The van der Waals surface area contributed by atoms with Crippen LogP contribution in [-0.2, 0) is 0 Å². The molecule has 1 aromatic heterocycles. The molecule has 0 amide bonds. The quantitative estimate of drug-likeness (QED) is 0.721. The van der Waals surface area contributed by atoms with E-state index < -0.39 is 0 Å². The van der Waals surface area contributed by atoms with Crippen molar-refractivity contribution >= 4 is 11.0 Å². The highest BCUT2D eigenvalue weighted by molar-refractivity contribution is 5.82. The van der Waals surface area contributed by atoms with Gasteiger partial charge in [-0.2, -0.15) is 0 Å². The summed E-state index contributed by atoms with van der Waals surface area (Å²) in [5, 5.41) is 9.84. The van der Waals surface area contributed by atoms with Crippen LogP contribution in [0, 0.1) is 6.92 Å². The molecule has 3 rings (SSSR count). The van der Waals surface area contributed by atoms with Crippen LogP contribution in [-0.4, -0.2) is 5.11 Å². The van der Waals surface area contributed by atoms with Crippen LogP contribution in [0.5, 0.6) is 5.75 Å². The number of aryl methyl sites for hydroxylation is 1. The molecule has 2 aromatic carbocycles. The maximum absolute atomic E-state index is 12.4. The summed E-state index contributed by atoms with van der Waals surface area (Å²) < 4.78 is 5.43. The number of phenolic OH excluding ortho intramolecular Hbond substituents is 1. The summed E-state index contributed by atoms with van der Waals surface area (Å²) in [4.78, 5) is 12.4. The summed E-state index contributed by atoms with van der Waals surface area (Å²) >= 11 is 0. The molecular weight excluding hydrogens is 240 g/mol. The lowest BCUT2D eigenvalue weighted by atomic mass is 10.0. The normalized spacial score (nSPS) is 10.8. The summed E-state index contributed by atoms with van der Waals surface area (Å²) in [6.07, 6.45) is 1.44. The Morgan fingerprint density at radius 2 is 1.79 bits per heavy atom. The van der Waals surface area contributed by atoms with Crippen molar-refractivity contribution in [3.8, 4) is 16.9 Å². The molecule has 0 saturated carbocycles. The Hall–Kier alpha value is -2.55. The van der Waals surface area contributed by atoms with Crippen LogP contribution in [0.3, 0.4) is 0 Å². The summed E-state index contributed by atoms with van der Waals surface area (Å²) in [6.45, 7) is 2.00. The molecule has 0 bridgehead atoms. The molecule has 0 radical (unpaired) electrons. The molecule has 3 heteroatoms. The van der Waals surface area contributed by atoms with E-state index in [4.69, 9.17) is 4.42 Å². The Kier molecular flexibility index (Phi) is 2.60. The van der Waals surface area contributed by atoms with E-state index in [1.165, 1.54) is 18.4 Å². The van der Waals surface area contributed by atoms with Crippen molar-refractivity contribution in [3.63, 3.8) is 0 Å². The topological polar surface area (TPSA) is 50.4 Å². The van der Waals surface area contributed by atoms with Gasteiger partial charge in [-0.1, -0.05) is 29.8 Å². The van der Waals surface area contributed by atoms with Crippen molar-refractivity contribution in [3.05, 3.63) is 64.5 Å². The lowest BCUT2D eigenvalue weighted by molar-refractivity contribution is 0.474. The molecule has 0 aliphatic carbocycles. The number of rotatable bonds is 1. The Labute approximate surface area is 109 Å². The molecule has 0 spiro atoms. The molecule has 0 aliphatic rings. The van der Waals surface area contributed by atoms with Crippen LogP contribution in [0.1, 0.15) is 5.56 Å². The fraction of sp³-hybridized carbons (Fsp3) is 0.0625. The molecule has 19 heavy (non-hydrogen) atoms. The van der Waals surface area contributed by atoms with Crippen molar-refractivity contribution in [2.24, 2.45) is 0 Å². The zero-order chi connectivity index (χ0) is 13.4. The van der Waals surface area contributed by atoms with Gasteiger partial charge in [0.1, 0.15) is 17.6 Å². The molecule has 0 aliphatic heterocycles. The molecule has 94 valence electrons. The molecular formula is C16H12O3. The van der Waals surface area contributed by atoms with E-state index in [0.29, 0.717) is 16.5 Å². The van der Waals surface area contributed by atoms with E-state index in [1.807, 2.05) is 31.2 Å². The minimum Gasteiger partial charge on any atom is -0.508 e. The number of benzene rings is 2. The summed E-state index contributed by atoms with van der Waals surface area (Å²) in [5.41, 5.74) is 2.79. The third-order valence-corrected chi connectivity index (χ3v) is 3.12. The van der Waals surface area contributed by atoms with Crippen LogP contribution in [0.15, 0.2) is 57.9 Å². The SMILES string of the molecule is Cc1ccc(-c2coc3cc(O)ccc3c2=O)cc1. The van der Waals surface area contributed by atoms with Gasteiger partial charge in [0.05, 0.1) is 10.9 Å². The summed E-state index contributed by atoms with van der Waals surface area (Å²) in [5.74, 6) is 0.0822. The van der Waals surface area contributed by atoms with Gasteiger partial charge in [0.2, 0.25) is 0 Å². The highest BCUT2D eigenvalue weighted by atomic mass is 16.3. The number of hydrogen-bond donors (Lipinski definition) is 1. The first-order valence-electron chi connectivity index (χ1n) is 5.97. The number of fused-ring (bicyclic) bond motifs is 1. The molecule has 0 atom stereocenters. The molecule has 1 heterocycles. The average Bonchev–Trinajstić information content (AvgIpc) is 2.40. The Morgan fingerprint density at radius 3 is 2.53 bits per heavy atom. The van der Waals surface area contributed by atoms with Gasteiger partial charge in [0.15, 0.2) is 5.43 Å². The Balaban J connectivity index is 2.26. The highest BCUT2D eigenvalue weighted by Gasteiger charge is 2.09. The number of hydrogen-bond acceptors (Lipinski definition) is 3. The molecule has 0 fully saturated rings. The zero-order valence-electron chi connectivity index (χ0n) is 10.4. The predicted molar refractivity (Wildman–Crippen MR) is 74.3 cm³/mol. The number of phenols is 1. The first kappa shape index (κ1) is 11.5. The van der Waals surface area contributed by atoms with Gasteiger partial charge in [0.25, 0.3) is 0 Å². The molecule has 3 aromatic rings. The van der Waals surface area contributed by atoms with Crippen LogP contribution in [0.4, 0.5) is 0 Å². The lowest BCUT2D eigenvalue weighted by Gasteiger charge is -2.03. The van der Waals surface area contributed by atoms with Crippen molar-refractivity contribution in [2.45, 2.75) is 6.92 Å². The molecule has 0 saturated heterocycles. The van der Waals surface area contributed by atoms with Crippen molar-refractivity contribution < 1.29 is 9.52 Å². The first-order valence-corrected chi connectivity index (χ1v) is 5.97. The summed E-state index contributed by atoms with van der Waals surface area (Å²) in [7, 11) is 0. The van der Waals surface area contributed by atoms with Crippen LogP contribution >= 0.6 is 0 Å². The third kappa shape index (κ3) is 1.99. The smallest absolute Gasteiger partial charge is 0.200 e. The van der Waals surface area contributed by atoms with Gasteiger partial charge in [-0.15, -0.1) is 0 Å². The van der Waals surface area contributed by atoms with Crippen molar-refractivity contribution in [1.29, 1.82) is 0 Å². The second-order valence-corrected chi connectivity index (χ2v) is 4.52. The van der Waals surface area contributed by atoms with Crippen molar-refractivity contribution in [2.75, 3.05) is 0 Å². The molecule has 0 unspecified atom stereocenters. The second kappa shape index (κ2) is 4.28. The van der Waals surface area contributed by atoms with Gasteiger partial charge in [-0.05, 0) is 24.6 Å². The van der Waals surface area contributed by atoms with E-state index in [-0.39, 0.29) is 11.2 Å². The lowest BCUT2D eigenvalue weighted by Crippen LogP contribution is -2.04. The van der Waals surface area contributed by atoms with Gasteiger partial charge in [-0.3, -0.25) is 4.79 Å². The monoisotopic (exact) mass is 252 g/mol. The minimum atomic E-state index is -0.0925. The maximum Gasteiger partial charge on any atom is 0.200 e. The van der Waals surface area contributed by atoms with Gasteiger partial charge >= 0.3 is 0 Å². The molecule has 3 nitrogen and oxygen atoms in total. The summed E-state index contributed by atoms with van der Waals surface area (Å²) in [6, 6.07) is 12.2. The minimum absolute atomic E-state index is 0.0822. The first-order chi connectivity index (χ1) is 9.15. The van der Waals surface area contributed by atoms with Gasteiger partial charge in [-0.25, -0.2) is 0 Å². The Morgan fingerprint density at radius 1 is 1.05 bits per heavy atom. The van der Waals surface area contributed by atoms with Gasteiger partial charge in [0, 0.05) is 6.07 Å². The zero-order valence-corrected chi connectivity index (χ0v) is 10.4. The maximum atomic E-state index is 12.4. The van der Waals surface area contributed by atoms with Crippen LogP contribution in [0.2, 0.25) is 0 Å². The van der Waals surface area contributed by atoms with Crippen LogP contribution < -0.4 is 5.43 Å². The Bertz CT molecular complexity index is 798. The van der Waals surface area contributed by atoms with E-state index >= 15 is 0 Å². The number of aromatic hydroxyl groups is 1. The fourth-order valence-electron chi connectivity index (χ4n) is 2.05. The van der Waals surface area contributed by atoms with Crippen LogP contribution in [0.25, 0.3) is 22.1 Å². The average molecular weight is 252 g/mol.